The van der Waals surface area contributed by atoms with Gasteiger partial charge in [0.2, 0.25) is 0 Å². The number of aromatic nitrogens is 4. The lowest BCUT2D eigenvalue weighted by Crippen LogP contribution is -2.06. The molecule has 0 amide bonds. The van der Waals surface area contributed by atoms with Crippen LogP contribution in [-0.4, -0.2) is 20.2 Å². The van der Waals surface area contributed by atoms with Crippen LogP contribution in [0.25, 0.3) is 11.4 Å². The van der Waals surface area contributed by atoms with Crippen LogP contribution in [0, 0.1) is 0 Å². The Labute approximate surface area is 106 Å². The Morgan fingerprint density at radius 1 is 1.17 bits per heavy atom. The molecule has 3 rings (SSSR count). The maximum absolute atomic E-state index is 5.57. The normalized spacial score (nSPS) is 16.9. The summed E-state index contributed by atoms with van der Waals surface area (Å²) in [5, 5.41) is 7.34. The summed E-state index contributed by atoms with van der Waals surface area (Å²) in [5.41, 5.74) is 6.47. The molecular formula is C13H17N5. The summed E-state index contributed by atoms with van der Waals surface area (Å²) in [5.74, 6) is 2.79. The van der Waals surface area contributed by atoms with Crippen molar-refractivity contribution in [2.24, 2.45) is 0 Å². The molecule has 5 heteroatoms. The minimum Gasteiger partial charge on any atom is -0.384 e. The van der Waals surface area contributed by atoms with Crippen molar-refractivity contribution in [1.29, 1.82) is 0 Å². The Morgan fingerprint density at radius 2 is 2.00 bits per heavy atom. The quantitative estimate of drug-likeness (QED) is 0.849. The molecule has 1 fully saturated rings. The van der Waals surface area contributed by atoms with Gasteiger partial charge in [-0.3, -0.25) is 5.10 Å². The number of H-pyrrole nitrogens is 1. The van der Waals surface area contributed by atoms with Crippen molar-refractivity contribution in [2.75, 3.05) is 5.73 Å². The van der Waals surface area contributed by atoms with Crippen molar-refractivity contribution in [2.45, 2.75) is 38.0 Å². The Morgan fingerprint density at radius 3 is 2.72 bits per heavy atom. The molecule has 5 nitrogen and oxygen atoms in total. The molecule has 1 aliphatic carbocycles. The molecule has 0 unspecified atom stereocenters. The van der Waals surface area contributed by atoms with Gasteiger partial charge in [-0.05, 0) is 25.0 Å². The first-order valence-corrected chi connectivity index (χ1v) is 6.47. The standard InChI is InChI=1S/C13H17N5/c14-11-7-6-10(8-15-11)13-16-12(17-18-13)9-4-2-1-3-5-9/h6-9H,1-5H2,(H2,14,15)(H,16,17,18). The Bertz CT molecular complexity index is 510. The molecule has 2 heterocycles. The average Bonchev–Trinajstić information content (AvgIpc) is 2.90. The van der Waals surface area contributed by atoms with E-state index >= 15 is 0 Å². The van der Waals surface area contributed by atoms with Crippen LogP contribution in [0.5, 0.6) is 0 Å². The lowest BCUT2D eigenvalue weighted by atomic mass is 9.89. The van der Waals surface area contributed by atoms with E-state index in [1.54, 1.807) is 12.3 Å². The third-order valence-electron chi connectivity index (χ3n) is 3.54. The van der Waals surface area contributed by atoms with E-state index in [0.29, 0.717) is 17.6 Å². The molecule has 2 aromatic rings. The van der Waals surface area contributed by atoms with Gasteiger partial charge in [0.1, 0.15) is 11.6 Å². The zero-order valence-corrected chi connectivity index (χ0v) is 10.3. The highest BCUT2D eigenvalue weighted by atomic mass is 15.2. The van der Waals surface area contributed by atoms with Gasteiger partial charge in [-0.2, -0.15) is 5.10 Å². The van der Waals surface area contributed by atoms with Crippen molar-refractivity contribution in [3.8, 4) is 11.4 Å². The number of aromatic amines is 1. The van der Waals surface area contributed by atoms with E-state index in [1.165, 1.54) is 32.1 Å². The van der Waals surface area contributed by atoms with Gasteiger partial charge >= 0.3 is 0 Å². The Hall–Kier alpha value is -1.91. The average molecular weight is 243 g/mol. The van der Waals surface area contributed by atoms with E-state index in [2.05, 4.69) is 20.2 Å². The molecule has 2 aromatic heterocycles. The summed E-state index contributed by atoms with van der Waals surface area (Å²) in [6.45, 7) is 0. The number of rotatable bonds is 2. The number of nitrogens with zero attached hydrogens (tertiary/aromatic N) is 3. The molecule has 0 saturated heterocycles. The lowest BCUT2D eigenvalue weighted by molar-refractivity contribution is 0.429. The molecule has 0 bridgehead atoms. The summed E-state index contributed by atoms with van der Waals surface area (Å²) >= 11 is 0. The van der Waals surface area contributed by atoms with Crippen LogP contribution in [0.15, 0.2) is 18.3 Å². The fourth-order valence-electron chi connectivity index (χ4n) is 2.50. The summed E-state index contributed by atoms with van der Waals surface area (Å²) in [6.07, 6.45) is 8.08. The fraction of sp³-hybridized carbons (Fsp3) is 0.462. The van der Waals surface area contributed by atoms with E-state index in [9.17, 15) is 0 Å². The summed E-state index contributed by atoms with van der Waals surface area (Å²) in [7, 11) is 0. The maximum atomic E-state index is 5.57. The smallest absolute Gasteiger partial charge is 0.182 e. The summed E-state index contributed by atoms with van der Waals surface area (Å²) in [6, 6.07) is 3.67. The topological polar surface area (TPSA) is 80.5 Å². The zero-order chi connectivity index (χ0) is 12.4. The van der Waals surface area contributed by atoms with Gasteiger partial charge < -0.3 is 5.73 Å². The van der Waals surface area contributed by atoms with E-state index in [0.717, 1.165) is 11.4 Å². The van der Waals surface area contributed by atoms with Gasteiger partial charge in [0, 0.05) is 17.7 Å². The molecule has 18 heavy (non-hydrogen) atoms. The summed E-state index contributed by atoms with van der Waals surface area (Å²) < 4.78 is 0. The molecular weight excluding hydrogens is 226 g/mol. The predicted octanol–water partition coefficient (Wildman–Crippen LogP) is 2.50. The third-order valence-corrected chi connectivity index (χ3v) is 3.54. The predicted molar refractivity (Wildman–Crippen MR) is 69.9 cm³/mol. The second-order valence-electron chi connectivity index (χ2n) is 4.85. The van der Waals surface area contributed by atoms with Crippen LogP contribution >= 0.6 is 0 Å². The van der Waals surface area contributed by atoms with Crippen molar-refractivity contribution in [1.82, 2.24) is 20.2 Å². The maximum Gasteiger partial charge on any atom is 0.182 e. The van der Waals surface area contributed by atoms with Crippen molar-refractivity contribution < 1.29 is 0 Å². The monoisotopic (exact) mass is 243 g/mol. The second kappa shape index (κ2) is 4.76. The number of hydrogen-bond donors (Lipinski definition) is 2. The molecule has 0 aliphatic heterocycles. The van der Waals surface area contributed by atoms with Crippen molar-refractivity contribution in [3.63, 3.8) is 0 Å². The Balaban J connectivity index is 1.82. The second-order valence-corrected chi connectivity index (χ2v) is 4.85. The number of nitrogens with two attached hydrogens (primary N) is 1. The zero-order valence-electron chi connectivity index (χ0n) is 10.3. The SMILES string of the molecule is Nc1ccc(-c2n[nH]c(C3CCCCC3)n2)cn1. The van der Waals surface area contributed by atoms with E-state index in [-0.39, 0.29) is 0 Å². The van der Waals surface area contributed by atoms with Crippen LogP contribution in [0.2, 0.25) is 0 Å². The molecule has 0 aromatic carbocycles. The van der Waals surface area contributed by atoms with Crippen LogP contribution in [-0.2, 0) is 0 Å². The highest BCUT2D eigenvalue weighted by Gasteiger charge is 2.19. The van der Waals surface area contributed by atoms with E-state index in [1.807, 2.05) is 6.07 Å². The first kappa shape index (κ1) is 11.2. The van der Waals surface area contributed by atoms with Crippen LogP contribution < -0.4 is 5.73 Å². The minimum absolute atomic E-state index is 0.516. The molecule has 0 radical (unpaired) electrons. The molecule has 1 saturated carbocycles. The van der Waals surface area contributed by atoms with Crippen molar-refractivity contribution >= 4 is 5.82 Å². The van der Waals surface area contributed by atoms with Gasteiger partial charge in [0.15, 0.2) is 5.82 Å². The largest absolute Gasteiger partial charge is 0.384 e. The van der Waals surface area contributed by atoms with Crippen LogP contribution in [0.3, 0.4) is 0 Å². The van der Waals surface area contributed by atoms with Crippen molar-refractivity contribution in [3.05, 3.63) is 24.2 Å². The highest BCUT2D eigenvalue weighted by molar-refractivity contribution is 5.54. The lowest BCUT2D eigenvalue weighted by Gasteiger charge is -2.18. The molecule has 3 N–H and O–H groups in total. The molecule has 0 atom stereocenters. The van der Waals surface area contributed by atoms with Gasteiger partial charge in [0.05, 0.1) is 0 Å². The van der Waals surface area contributed by atoms with Gasteiger partial charge in [-0.15, -0.1) is 0 Å². The number of pyridine rings is 1. The molecule has 1 aliphatic rings. The minimum atomic E-state index is 0.516. The van der Waals surface area contributed by atoms with Gasteiger partial charge in [0.25, 0.3) is 0 Å². The number of hydrogen-bond acceptors (Lipinski definition) is 4. The van der Waals surface area contributed by atoms with E-state index in [4.69, 9.17) is 5.73 Å². The molecule has 0 spiro atoms. The third kappa shape index (κ3) is 2.20. The van der Waals surface area contributed by atoms with E-state index < -0.39 is 0 Å². The fourth-order valence-corrected chi connectivity index (χ4v) is 2.50. The number of anilines is 1. The van der Waals surface area contributed by atoms with Gasteiger partial charge in [-0.1, -0.05) is 19.3 Å². The molecule has 94 valence electrons. The van der Waals surface area contributed by atoms with Gasteiger partial charge in [-0.25, -0.2) is 9.97 Å². The first-order valence-electron chi connectivity index (χ1n) is 6.47. The van der Waals surface area contributed by atoms with Crippen LogP contribution in [0.4, 0.5) is 5.82 Å². The van der Waals surface area contributed by atoms with Crippen LogP contribution in [0.1, 0.15) is 43.8 Å². The summed E-state index contributed by atoms with van der Waals surface area (Å²) in [4.78, 5) is 8.65. The first-order chi connectivity index (χ1) is 8.83. The number of nitrogens with one attached hydrogen (secondary N) is 1. The number of nitrogen functional groups attached to an aromatic ring is 1. The Kier molecular flexibility index (Phi) is 2.96. The highest BCUT2D eigenvalue weighted by Crippen LogP contribution is 2.31.